The zero-order valence-electron chi connectivity index (χ0n) is 13.5. The van der Waals surface area contributed by atoms with Crippen LogP contribution in [-0.4, -0.2) is 52.3 Å². The lowest BCUT2D eigenvalue weighted by molar-refractivity contribution is -0.155. The van der Waals surface area contributed by atoms with Gasteiger partial charge >= 0.3 is 0 Å². The van der Waals surface area contributed by atoms with Gasteiger partial charge in [-0.1, -0.05) is 24.6 Å². The maximum atomic E-state index is 13.1. The van der Waals surface area contributed by atoms with Gasteiger partial charge in [0, 0.05) is 18.1 Å². The van der Waals surface area contributed by atoms with E-state index < -0.39 is 11.9 Å². The standard InChI is InChI=1S/C15H18ClFN2O2.CH2O2/c1-3-6-18-9-14(20)19(10(2)15(18)21)8-11-4-5-12(17)7-13(11)16;2-1-3/h4-5,7,10H,3,6,8-9H2,1-2H3;1H,(H,2,3)/t10-;/m0./s1. The van der Waals surface area contributed by atoms with E-state index in [0.717, 1.165) is 6.42 Å². The SMILES string of the molecule is CCCN1CC(=O)N(Cc2ccc(F)cc2Cl)[C@@H](C)C1=O.O=CO. The average Bonchev–Trinajstić information content (AvgIpc) is 2.52. The Labute approximate surface area is 144 Å². The molecule has 0 aromatic heterocycles. The van der Waals surface area contributed by atoms with Gasteiger partial charge in [-0.05, 0) is 31.0 Å². The fourth-order valence-corrected chi connectivity index (χ4v) is 2.69. The van der Waals surface area contributed by atoms with E-state index in [1.165, 1.54) is 17.0 Å². The molecule has 1 heterocycles. The molecule has 0 aliphatic carbocycles. The third kappa shape index (κ3) is 4.92. The van der Waals surface area contributed by atoms with Gasteiger partial charge in [-0.2, -0.15) is 0 Å². The topological polar surface area (TPSA) is 77.9 Å². The summed E-state index contributed by atoms with van der Waals surface area (Å²) in [5, 5.41) is 7.15. The van der Waals surface area contributed by atoms with Crippen molar-refractivity contribution >= 4 is 29.9 Å². The lowest BCUT2D eigenvalue weighted by Gasteiger charge is -2.38. The molecule has 1 aliphatic rings. The van der Waals surface area contributed by atoms with E-state index in [2.05, 4.69) is 0 Å². The highest BCUT2D eigenvalue weighted by molar-refractivity contribution is 6.31. The molecule has 6 nitrogen and oxygen atoms in total. The molecule has 1 saturated heterocycles. The second kappa shape index (κ2) is 9.22. The van der Waals surface area contributed by atoms with Crippen LogP contribution in [0.3, 0.4) is 0 Å². The zero-order chi connectivity index (χ0) is 18.3. The molecule has 2 amide bonds. The van der Waals surface area contributed by atoms with Crippen molar-refractivity contribution < 1.29 is 23.9 Å². The van der Waals surface area contributed by atoms with Crippen LogP contribution in [0.1, 0.15) is 25.8 Å². The molecule has 1 aromatic rings. The molecule has 0 unspecified atom stereocenters. The number of rotatable bonds is 4. The fourth-order valence-electron chi connectivity index (χ4n) is 2.46. The summed E-state index contributed by atoms with van der Waals surface area (Å²) in [4.78, 5) is 35.9. The number of hydrogen-bond acceptors (Lipinski definition) is 3. The number of carbonyl (C=O) groups is 3. The number of piperazine rings is 1. The van der Waals surface area contributed by atoms with Crippen LogP contribution in [0.4, 0.5) is 4.39 Å². The Kier molecular flexibility index (Phi) is 7.64. The van der Waals surface area contributed by atoms with Crippen molar-refractivity contribution in [3.63, 3.8) is 0 Å². The molecule has 0 spiro atoms. The van der Waals surface area contributed by atoms with E-state index in [0.29, 0.717) is 12.1 Å². The third-order valence-electron chi connectivity index (χ3n) is 3.63. The maximum Gasteiger partial charge on any atom is 0.290 e. The van der Waals surface area contributed by atoms with Crippen molar-refractivity contribution in [3.05, 3.63) is 34.6 Å². The van der Waals surface area contributed by atoms with E-state index in [-0.39, 0.29) is 36.4 Å². The first-order valence-corrected chi connectivity index (χ1v) is 7.83. The van der Waals surface area contributed by atoms with Crippen LogP contribution in [0, 0.1) is 5.82 Å². The normalized spacial score (nSPS) is 17.4. The Morgan fingerprint density at radius 3 is 2.58 bits per heavy atom. The van der Waals surface area contributed by atoms with Gasteiger partial charge in [0.05, 0.1) is 6.54 Å². The van der Waals surface area contributed by atoms with Gasteiger partial charge in [-0.3, -0.25) is 14.4 Å². The minimum Gasteiger partial charge on any atom is -0.483 e. The van der Waals surface area contributed by atoms with Gasteiger partial charge in [0.1, 0.15) is 11.9 Å². The third-order valence-corrected chi connectivity index (χ3v) is 3.98. The lowest BCUT2D eigenvalue weighted by Crippen LogP contribution is -2.58. The average molecular weight is 359 g/mol. The van der Waals surface area contributed by atoms with E-state index in [1.807, 2.05) is 6.92 Å². The fraction of sp³-hybridized carbons (Fsp3) is 0.438. The van der Waals surface area contributed by atoms with Crippen LogP contribution in [-0.2, 0) is 20.9 Å². The van der Waals surface area contributed by atoms with E-state index in [1.54, 1.807) is 17.9 Å². The summed E-state index contributed by atoms with van der Waals surface area (Å²) < 4.78 is 13.1. The van der Waals surface area contributed by atoms with E-state index in [9.17, 15) is 14.0 Å². The van der Waals surface area contributed by atoms with Crippen molar-refractivity contribution in [1.82, 2.24) is 9.80 Å². The summed E-state index contributed by atoms with van der Waals surface area (Å²) in [6, 6.07) is 3.52. The van der Waals surface area contributed by atoms with Crippen LogP contribution in [0.2, 0.25) is 5.02 Å². The monoisotopic (exact) mass is 358 g/mol. The molecule has 1 N–H and O–H groups in total. The van der Waals surface area contributed by atoms with Gasteiger partial charge in [-0.25, -0.2) is 4.39 Å². The number of halogens is 2. The molecule has 24 heavy (non-hydrogen) atoms. The van der Waals surface area contributed by atoms with Gasteiger partial charge in [0.25, 0.3) is 6.47 Å². The highest BCUT2D eigenvalue weighted by Gasteiger charge is 2.36. The molecule has 0 bridgehead atoms. The largest absolute Gasteiger partial charge is 0.483 e. The van der Waals surface area contributed by atoms with Gasteiger partial charge in [-0.15, -0.1) is 0 Å². The Bertz CT molecular complexity index is 612. The maximum absolute atomic E-state index is 13.1. The van der Waals surface area contributed by atoms with E-state index in [4.69, 9.17) is 21.5 Å². The molecule has 1 fully saturated rings. The Morgan fingerprint density at radius 2 is 2.04 bits per heavy atom. The molecule has 2 rings (SSSR count). The van der Waals surface area contributed by atoms with Crippen LogP contribution in [0.15, 0.2) is 18.2 Å². The quantitative estimate of drug-likeness (QED) is 0.836. The predicted molar refractivity (Wildman–Crippen MR) is 87.0 cm³/mol. The highest BCUT2D eigenvalue weighted by atomic mass is 35.5. The lowest BCUT2D eigenvalue weighted by atomic mass is 10.1. The number of carbonyl (C=O) groups excluding carboxylic acids is 2. The minimum absolute atomic E-state index is 0.0605. The summed E-state index contributed by atoms with van der Waals surface area (Å²) in [7, 11) is 0. The summed E-state index contributed by atoms with van der Waals surface area (Å²) in [6.07, 6.45) is 0.815. The van der Waals surface area contributed by atoms with Gasteiger partial charge < -0.3 is 14.9 Å². The van der Waals surface area contributed by atoms with Crippen molar-refractivity contribution in [2.24, 2.45) is 0 Å². The molecule has 0 saturated carbocycles. The first-order chi connectivity index (χ1) is 11.3. The smallest absolute Gasteiger partial charge is 0.290 e. The Morgan fingerprint density at radius 1 is 1.42 bits per heavy atom. The van der Waals surface area contributed by atoms with Crippen molar-refractivity contribution in [1.29, 1.82) is 0 Å². The van der Waals surface area contributed by atoms with Crippen LogP contribution < -0.4 is 0 Å². The number of hydrogen-bond donors (Lipinski definition) is 1. The zero-order valence-corrected chi connectivity index (χ0v) is 14.3. The molecule has 1 atom stereocenters. The summed E-state index contributed by atoms with van der Waals surface area (Å²) in [6.45, 7) is 4.31. The van der Waals surface area contributed by atoms with Crippen molar-refractivity contribution in [2.45, 2.75) is 32.9 Å². The molecule has 1 aliphatic heterocycles. The second-order valence-corrected chi connectivity index (χ2v) is 5.71. The van der Waals surface area contributed by atoms with Crippen LogP contribution >= 0.6 is 11.6 Å². The van der Waals surface area contributed by atoms with Gasteiger partial charge in [0.2, 0.25) is 11.8 Å². The minimum atomic E-state index is -0.529. The van der Waals surface area contributed by atoms with Crippen LogP contribution in [0.5, 0.6) is 0 Å². The number of nitrogens with zero attached hydrogens (tertiary/aromatic N) is 2. The summed E-state index contributed by atoms with van der Waals surface area (Å²) in [5.74, 6) is -0.599. The molecular weight excluding hydrogens is 339 g/mol. The predicted octanol–water partition coefficient (Wildman–Crippen LogP) is 2.15. The van der Waals surface area contributed by atoms with Gasteiger partial charge in [0.15, 0.2) is 0 Å². The Balaban J connectivity index is 0.000000891. The summed E-state index contributed by atoms with van der Waals surface area (Å²) >= 11 is 5.99. The molecule has 1 aromatic carbocycles. The number of benzene rings is 1. The second-order valence-electron chi connectivity index (χ2n) is 5.30. The Hall–Kier alpha value is -2.15. The summed E-state index contributed by atoms with van der Waals surface area (Å²) in [5.41, 5.74) is 0.634. The molecule has 8 heteroatoms. The molecular formula is C16H20ClFN2O4. The van der Waals surface area contributed by atoms with Crippen molar-refractivity contribution in [2.75, 3.05) is 13.1 Å². The van der Waals surface area contributed by atoms with E-state index >= 15 is 0 Å². The first kappa shape index (κ1) is 19.9. The number of amides is 2. The molecule has 132 valence electrons. The van der Waals surface area contributed by atoms with Crippen LogP contribution in [0.25, 0.3) is 0 Å². The van der Waals surface area contributed by atoms with Crippen molar-refractivity contribution in [3.8, 4) is 0 Å². The first-order valence-electron chi connectivity index (χ1n) is 7.45. The molecule has 0 radical (unpaired) electrons. The number of carboxylic acid groups (broad SMARTS) is 1. The highest BCUT2D eigenvalue weighted by Crippen LogP contribution is 2.22.